The maximum absolute atomic E-state index is 12.5. The second kappa shape index (κ2) is 9.46. The van der Waals surface area contributed by atoms with Gasteiger partial charge in [0.25, 0.3) is 0 Å². The molecule has 0 fully saturated rings. The molecule has 3 N–H and O–H groups in total. The maximum atomic E-state index is 12.5. The van der Waals surface area contributed by atoms with Gasteiger partial charge in [-0.05, 0) is 63.3 Å². The summed E-state index contributed by atoms with van der Waals surface area (Å²) >= 11 is 3.24. The number of carbonyl (C=O) groups excluding carboxylic acids is 2. The number of carboxylic acid groups (broad SMARTS) is 1. The second-order valence-electron chi connectivity index (χ2n) is 7.68. The Hall–Kier alpha value is -3.65. The average molecular weight is 509 g/mol. The number of carboxylic acids is 1. The summed E-state index contributed by atoms with van der Waals surface area (Å²) < 4.78 is 5.89. The third kappa shape index (κ3) is 4.75. The Balaban J connectivity index is 1.36. The van der Waals surface area contributed by atoms with E-state index in [0.717, 1.165) is 22.3 Å². The Morgan fingerprint density at radius 1 is 1.00 bits per heavy atom. The Morgan fingerprint density at radius 2 is 1.61 bits per heavy atom. The molecule has 0 aromatic heterocycles. The first-order chi connectivity index (χ1) is 15.8. The van der Waals surface area contributed by atoms with Crippen molar-refractivity contribution in [2.75, 3.05) is 11.9 Å². The smallest absolute Gasteiger partial charge is 0.407 e. The molecule has 0 unspecified atom stereocenters. The lowest BCUT2D eigenvalue weighted by Gasteiger charge is -2.17. The van der Waals surface area contributed by atoms with Crippen molar-refractivity contribution in [1.82, 2.24) is 5.32 Å². The van der Waals surface area contributed by atoms with E-state index < -0.39 is 24.0 Å². The Labute approximate surface area is 198 Å². The topological polar surface area (TPSA) is 105 Å². The van der Waals surface area contributed by atoms with Crippen LogP contribution in [0, 0.1) is 0 Å². The zero-order valence-electron chi connectivity index (χ0n) is 17.7. The first-order valence-electron chi connectivity index (χ1n) is 10.3. The number of benzene rings is 3. The number of halogens is 1. The molecule has 0 aliphatic heterocycles. The molecular formula is C25H21BrN2O5. The van der Waals surface area contributed by atoms with Gasteiger partial charge in [0.15, 0.2) is 0 Å². The van der Waals surface area contributed by atoms with Crippen molar-refractivity contribution in [1.29, 1.82) is 0 Å². The zero-order valence-corrected chi connectivity index (χ0v) is 19.3. The van der Waals surface area contributed by atoms with E-state index in [1.807, 2.05) is 36.4 Å². The number of fused-ring (bicyclic) bond motifs is 3. The lowest BCUT2D eigenvalue weighted by Crippen LogP contribution is -2.42. The SMILES string of the molecule is C[C@@H](NC(=O)OCC1c2ccccc2-c2ccccc21)C(=O)Nc1ccc(C(=O)O)cc1Br. The summed E-state index contributed by atoms with van der Waals surface area (Å²) in [5.74, 6) is -1.61. The van der Waals surface area contributed by atoms with Crippen LogP contribution in [0.2, 0.25) is 0 Å². The van der Waals surface area contributed by atoms with Crippen LogP contribution in [-0.4, -0.2) is 35.7 Å². The standard InChI is InChI=1S/C25H21BrN2O5/c1-14(23(29)28-22-11-10-15(24(30)31)12-21(22)26)27-25(32)33-13-20-18-8-4-2-6-16(18)17-7-3-5-9-19(17)20/h2-12,14,20H,13H2,1H3,(H,27,32)(H,28,29)(H,30,31)/t14-/m1/s1. The van der Waals surface area contributed by atoms with Gasteiger partial charge in [0.05, 0.1) is 11.3 Å². The van der Waals surface area contributed by atoms with Gasteiger partial charge in [-0.25, -0.2) is 9.59 Å². The molecule has 0 saturated carbocycles. The lowest BCUT2D eigenvalue weighted by atomic mass is 9.98. The summed E-state index contributed by atoms with van der Waals surface area (Å²) in [6.07, 6.45) is -0.695. The normalized spacial score (nSPS) is 12.9. The van der Waals surface area contributed by atoms with E-state index in [0.29, 0.717) is 10.2 Å². The van der Waals surface area contributed by atoms with E-state index in [-0.39, 0.29) is 18.1 Å². The van der Waals surface area contributed by atoms with Crippen molar-refractivity contribution >= 4 is 39.6 Å². The molecular weight excluding hydrogens is 488 g/mol. The zero-order chi connectivity index (χ0) is 23.5. The monoisotopic (exact) mass is 508 g/mol. The van der Waals surface area contributed by atoms with Gasteiger partial charge in [-0.15, -0.1) is 0 Å². The van der Waals surface area contributed by atoms with Crippen molar-refractivity contribution < 1.29 is 24.2 Å². The minimum Gasteiger partial charge on any atom is -0.478 e. The van der Waals surface area contributed by atoms with Crippen molar-refractivity contribution in [2.45, 2.75) is 18.9 Å². The van der Waals surface area contributed by atoms with E-state index in [4.69, 9.17) is 9.84 Å². The fourth-order valence-corrected chi connectivity index (χ4v) is 4.35. The minimum atomic E-state index is -1.07. The quantitative estimate of drug-likeness (QED) is 0.433. The Morgan fingerprint density at radius 3 is 2.18 bits per heavy atom. The molecule has 0 spiro atoms. The average Bonchev–Trinajstić information content (AvgIpc) is 3.12. The predicted molar refractivity (Wildman–Crippen MR) is 127 cm³/mol. The third-order valence-corrected chi connectivity index (χ3v) is 6.20. The molecule has 2 amide bonds. The molecule has 33 heavy (non-hydrogen) atoms. The number of hydrogen-bond donors (Lipinski definition) is 3. The van der Waals surface area contributed by atoms with Crippen molar-refractivity contribution in [2.24, 2.45) is 0 Å². The maximum Gasteiger partial charge on any atom is 0.407 e. The fourth-order valence-electron chi connectivity index (χ4n) is 3.87. The van der Waals surface area contributed by atoms with Crippen LogP contribution >= 0.6 is 15.9 Å². The van der Waals surface area contributed by atoms with Crippen molar-refractivity contribution in [3.8, 4) is 11.1 Å². The van der Waals surface area contributed by atoms with Crippen LogP contribution in [0.5, 0.6) is 0 Å². The molecule has 3 aromatic rings. The highest BCUT2D eigenvalue weighted by Crippen LogP contribution is 2.44. The number of amides is 2. The summed E-state index contributed by atoms with van der Waals surface area (Å²) in [5.41, 5.74) is 4.96. The first-order valence-corrected chi connectivity index (χ1v) is 11.1. The molecule has 0 heterocycles. The van der Waals surface area contributed by atoms with Gasteiger partial charge in [-0.3, -0.25) is 4.79 Å². The molecule has 1 aliphatic carbocycles. The van der Waals surface area contributed by atoms with Gasteiger partial charge in [0.1, 0.15) is 12.6 Å². The molecule has 4 rings (SSSR count). The third-order valence-electron chi connectivity index (χ3n) is 5.55. The van der Waals surface area contributed by atoms with Crippen molar-refractivity contribution in [3.05, 3.63) is 87.9 Å². The summed E-state index contributed by atoms with van der Waals surface area (Å²) in [7, 11) is 0. The largest absolute Gasteiger partial charge is 0.478 e. The van der Waals surface area contributed by atoms with Gasteiger partial charge in [-0.2, -0.15) is 0 Å². The highest BCUT2D eigenvalue weighted by Gasteiger charge is 2.29. The lowest BCUT2D eigenvalue weighted by molar-refractivity contribution is -0.117. The number of aromatic carboxylic acids is 1. The number of rotatable bonds is 6. The van der Waals surface area contributed by atoms with Crippen LogP contribution in [-0.2, 0) is 9.53 Å². The minimum absolute atomic E-state index is 0.0732. The van der Waals surface area contributed by atoms with E-state index in [1.165, 1.54) is 25.1 Å². The molecule has 0 bridgehead atoms. The van der Waals surface area contributed by atoms with Gasteiger partial charge in [-0.1, -0.05) is 48.5 Å². The van der Waals surface area contributed by atoms with Gasteiger partial charge in [0, 0.05) is 10.4 Å². The van der Waals surface area contributed by atoms with E-state index >= 15 is 0 Å². The molecule has 168 valence electrons. The first kappa shape index (κ1) is 22.5. The molecule has 0 saturated heterocycles. The molecule has 0 radical (unpaired) electrons. The predicted octanol–water partition coefficient (Wildman–Crippen LogP) is 5.01. The molecule has 1 atom stereocenters. The van der Waals surface area contributed by atoms with Gasteiger partial charge < -0.3 is 20.5 Å². The van der Waals surface area contributed by atoms with E-state index in [9.17, 15) is 14.4 Å². The number of anilines is 1. The number of alkyl carbamates (subject to hydrolysis) is 1. The van der Waals surface area contributed by atoms with Crippen LogP contribution in [0.4, 0.5) is 10.5 Å². The molecule has 3 aromatic carbocycles. The van der Waals surface area contributed by atoms with Crippen LogP contribution in [0.3, 0.4) is 0 Å². The summed E-state index contributed by atoms with van der Waals surface area (Å²) in [5, 5.41) is 14.2. The second-order valence-corrected chi connectivity index (χ2v) is 8.53. The summed E-state index contributed by atoms with van der Waals surface area (Å²) in [6, 6.07) is 19.5. The molecule has 1 aliphatic rings. The number of carbonyl (C=O) groups is 3. The van der Waals surface area contributed by atoms with E-state index in [2.05, 4.69) is 38.7 Å². The Bertz CT molecular complexity index is 1200. The fraction of sp³-hybridized carbons (Fsp3) is 0.160. The highest BCUT2D eigenvalue weighted by molar-refractivity contribution is 9.10. The van der Waals surface area contributed by atoms with Gasteiger partial charge in [0.2, 0.25) is 5.91 Å². The number of nitrogens with one attached hydrogen (secondary N) is 2. The summed E-state index contributed by atoms with van der Waals surface area (Å²) in [6.45, 7) is 1.69. The van der Waals surface area contributed by atoms with Crippen LogP contribution in [0.15, 0.2) is 71.2 Å². The summed E-state index contributed by atoms with van der Waals surface area (Å²) in [4.78, 5) is 35.9. The molecule has 7 nitrogen and oxygen atoms in total. The number of hydrogen-bond acceptors (Lipinski definition) is 4. The molecule has 8 heteroatoms. The number of ether oxygens (including phenoxy) is 1. The Kier molecular flexibility index (Phi) is 6.46. The van der Waals surface area contributed by atoms with Crippen molar-refractivity contribution in [3.63, 3.8) is 0 Å². The van der Waals surface area contributed by atoms with Crippen LogP contribution < -0.4 is 10.6 Å². The highest BCUT2D eigenvalue weighted by atomic mass is 79.9. The van der Waals surface area contributed by atoms with Crippen LogP contribution in [0.1, 0.15) is 34.3 Å². The van der Waals surface area contributed by atoms with Gasteiger partial charge >= 0.3 is 12.1 Å². The van der Waals surface area contributed by atoms with E-state index in [1.54, 1.807) is 0 Å². The van der Waals surface area contributed by atoms with Crippen LogP contribution in [0.25, 0.3) is 11.1 Å².